The fraction of sp³-hybridized carbons (Fsp3) is 0.438. The summed E-state index contributed by atoms with van der Waals surface area (Å²) in [6.45, 7) is 0. The zero-order chi connectivity index (χ0) is 15.7. The molecule has 2 aromatic rings. The Morgan fingerprint density at radius 3 is 2.55 bits per heavy atom. The van der Waals surface area contributed by atoms with Gasteiger partial charge in [0, 0.05) is 24.2 Å². The number of methoxy groups -OCH3 is 1. The zero-order valence-electron chi connectivity index (χ0n) is 12.8. The predicted molar refractivity (Wildman–Crippen MR) is 87.5 cm³/mol. The molecule has 1 fully saturated rings. The van der Waals surface area contributed by atoms with E-state index in [1.807, 2.05) is 6.07 Å². The van der Waals surface area contributed by atoms with Crippen LogP contribution < -0.4 is 15.2 Å². The predicted octanol–water partition coefficient (Wildman–Crippen LogP) is 3.65. The molecule has 0 aliphatic heterocycles. The van der Waals surface area contributed by atoms with Crippen LogP contribution in [0, 0.1) is 0 Å². The summed E-state index contributed by atoms with van der Waals surface area (Å²) in [7, 11) is 3.42. The van der Waals surface area contributed by atoms with Gasteiger partial charge in [0.2, 0.25) is 0 Å². The van der Waals surface area contributed by atoms with Crippen LogP contribution in [0.5, 0.6) is 11.5 Å². The number of ether oxygens (including phenoxy) is 2. The number of nitrogens with two attached hydrogens (primary N) is 1. The van der Waals surface area contributed by atoms with E-state index in [9.17, 15) is 0 Å². The molecule has 118 valence electrons. The normalized spacial score (nSPS) is 15.2. The molecule has 1 aromatic carbocycles. The molecule has 1 aromatic heterocycles. The van der Waals surface area contributed by atoms with Crippen LogP contribution in [-0.2, 0) is 7.05 Å². The van der Waals surface area contributed by atoms with Crippen LogP contribution in [-0.4, -0.2) is 23.0 Å². The summed E-state index contributed by atoms with van der Waals surface area (Å²) in [5.74, 6) is 1.91. The van der Waals surface area contributed by atoms with E-state index < -0.39 is 0 Å². The molecular weight excluding hydrogens is 302 g/mol. The molecule has 5 nitrogen and oxygen atoms in total. The average Bonchev–Trinajstić information content (AvgIpc) is 3.12. The highest BCUT2D eigenvalue weighted by Gasteiger charge is 2.21. The Labute approximate surface area is 135 Å². The van der Waals surface area contributed by atoms with Crippen molar-refractivity contribution < 1.29 is 9.47 Å². The zero-order valence-corrected chi connectivity index (χ0v) is 13.6. The van der Waals surface area contributed by atoms with E-state index >= 15 is 0 Å². The Morgan fingerprint density at radius 1 is 1.23 bits per heavy atom. The molecule has 0 bridgehead atoms. The lowest BCUT2D eigenvalue weighted by molar-refractivity contribution is 0.201. The van der Waals surface area contributed by atoms with Crippen molar-refractivity contribution in [1.29, 1.82) is 0 Å². The Kier molecular flexibility index (Phi) is 4.16. The smallest absolute Gasteiger partial charge is 0.163 e. The summed E-state index contributed by atoms with van der Waals surface area (Å²) in [4.78, 5) is 0. The van der Waals surface area contributed by atoms with Crippen LogP contribution >= 0.6 is 11.6 Å². The molecule has 1 heterocycles. The largest absolute Gasteiger partial charge is 0.493 e. The average molecular weight is 322 g/mol. The molecule has 0 amide bonds. The minimum Gasteiger partial charge on any atom is -0.493 e. The number of anilines is 1. The van der Waals surface area contributed by atoms with Gasteiger partial charge in [-0.15, -0.1) is 0 Å². The van der Waals surface area contributed by atoms with Gasteiger partial charge in [-0.3, -0.25) is 4.68 Å². The quantitative estimate of drug-likeness (QED) is 0.933. The highest BCUT2D eigenvalue weighted by atomic mass is 35.5. The summed E-state index contributed by atoms with van der Waals surface area (Å²) < 4.78 is 13.1. The van der Waals surface area contributed by atoms with Gasteiger partial charge in [-0.25, -0.2) is 0 Å². The summed E-state index contributed by atoms with van der Waals surface area (Å²) in [5.41, 5.74) is 7.62. The first-order valence-corrected chi connectivity index (χ1v) is 7.80. The first-order valence-electron chi connectivity index (χ1n) is 7.42. The Bertz CT molecular complexity index is 678. The Balaban J connectivity index is 1.97. The summed E-state index contributed by atoms with van der Waals surface area (Å²) in [5, 5.41) is 4.73. The number of aromatic nitrogens is 2. The lowest BCUT2D eigenvalue weighted by Crippen LogP contribution is -2.11. The first kappa shape index (κ1) is 15.0. The highest BCUT2D eigenvalue weighted by molar-refractivity contribution is 6.33. The van der Waals surface area contributed by atoms with Crippen LogP contribution in [0.25, 0.3) is 11.1 Å². The third kappa shape index (κ3) is 2.73. The van der Waals surface area contributed by atoms with E-state index in [1.54, 1.807) is 31.1 Å². The number of halogens is 1. The van der Waals surface area contributed by atoms with Crippen molar-refractivity contribution >= 4 is 17.4 Å². The van der Waals surface area contributed by atoms with Crippen LogP contribution in [0.4, 0.5) is 5.82 Å². The minimum absolute atomic E-state index is 0.249. The number of nitrogens with zero attached hydrogens (tertiary/aromatic N) is 2. The summed E-state index contributed by atoms with van der Waals surface area (Å²) >= 11 is 6.43. The van der Waals surface area contributed by atoms with Crippen LogP contribution in [0.3, 0.4) is 0 Å². The van der Waals surface area contributed by atoms with E-state index in [-0.39, 0.29) is 6.10 Å². The van der Waals surface area contributed by atoms with Crippen molar-refractivity contribution in [1.82, 2.24) is 9.78 Å². The van der Waals surface area contributed by atoms with Crippen LogP contribution in [0.2, 0.25) is 5.02 Å². The maximum absolute atomic E-state index is 6.43. The van der Waals surface area contributed by atoms with E-state index in [0.717, 1.165) is 24.0 Å². The van der Waals surface area contributed by atoms with Crippen LogP contribution in [0.1, 0.15) is 25.7 Å². The van der Waals surface area contributed by atoms with Gasteiger partial charge < -0.3 is 15.2 Å². The summed E-state index contributed by atoms with van der Waals surface area (Å²) in [6, 6.07) is 3.67. The summed E-state index contributed by atoms with van der Waals surface area (Å²) in [6.07, 6.45) is 6.54. The molecule has 3 rings (SSSR count). The second kappa shape index (κ2) is 6.08. The molecule has 1 aliphatic carbocycles. The minimum atomic E-state index is 0.249. The molecular formula is C16H20ClN3O2. The second-order valence-electron chi connectivity index (χ2n) is 5.57. The number of hydrogen-bond acceptors (Lipinski definition) is 4. The first-order chi connectivity index (χ1) is 10.6. The number of aryl methyl sites for hydroxylation is 1. The molecule has 1 saturated carbocycles. The second-order valence-corrected chi connectivity index (χ2v) is 5.98. The Hall–Kier alpha value is -1.88. The van der Waals surface area contributed by atoms with Gasteiger partial charge >= 0.3 is 0 Å². The van der Waals surface area contributed by atoms with Gasteiger partial charge in [0.1, 0.15) is 5.82 Å². The van der Waals surface area contributed by atoms with E-state index in [0.29, 0.717) is 22.3 Å². The molecule has 2 N–H and O–H groups in total. The molecule has 0 spiro atoms. The maximum Gasteiger partial charge on any atom is 0.163 e. The molecule has 1 aliphatic rings. The number of benzene rings is 1. The third-order valence-corrected chi connectivity index (χ3v) is 4.44. The fourth-order valence-electron chi connectivity index (χ4n) is 2.83. The van der Waals surface area contributed by atoms with Crippen molar-refractivity contribution in [2.45, 2.75) is 31.8 Å². The standard InChI is InChI=1S/C16H20ClN3O2/c1-20-16(18)12(9-19-20)11-7-14(21-2)15(8-13(11)17)22-10-5-3-4-6-10/h7-10H,3-6,18H2,1-2H3. The lowest BCUT2D eigenvalue weighted by Gasteiger charge is -2.17. The van der Waals surface area contributed by atoms with Gasteiger partial charge in [-0.1, -0.05) is 11.6 Å². The third-order valence-electron chi connectivity index (χ3n) is 4.12. The number of hydrogen-bond donors (Lipinski definition) is 1. The van der Waals surface area contributed by atoms with Crippen molar-refractivity contribution in [3.8, 4) is 22.6 Å². The van der Waals surface area contributed by atoms with Crippen molar-refractivity contribution in [2.24, 2.45) is 7.05 Å². The van der Waals surface area contributed by atoms with Crippen LogP contribution in [0.15, 0.2) is 18.3 Å². The van der Waals surface area contributed by atoms with E-state index in [4.69, 9.17) is 26.8 Å². The SMILES string of the molecule is COc1cc(-c2cnn(C)c2N)c(Cl)cc1OC1CCCC1. The molecule has 0 atom stereocenters. The van der Waals surface area contributed by atoms with Gasteiger partial charge in [-0.2, -0.15) is 5.10 Å². The van der Waals surface area contributed by atoms with Gasteiger partial charge in [0.25, 0.3) is 0 Å². The fourth-order valence-corrected chi connectivity index (χ4v) is 3.09. The number of nitrogen functional groups attached to an aromatic ring is 1. The van der Waals surface area contributed by atoms with Gasteiger partial charge in [0.15, 0.2) is 11.5 Å². The van der Waals surface area contributed by atoms with Crippen molar-refractivity contribution in [2.75, 3.05) is 12.8 Å². The van der Waals surface area contributed by atoms with Crippen molar-refractivity contribution in [3.63, 3.8) is 0 Å². The molecule has 6 heteroatoms. The molecule has 0 saturated heterocycles. The Morgan fingerprint density at radius 2 is 1.95 bits per heavy atom. The monoisotopic (exact) mass is 321 g/mol. The topological polar surface area (TPSA) is 62.3 Å². The number of rotatable bonds is 4. The van der Waals surface area contributed by atoms with E-state index in [1.165, 1.54) is 12.8 Å². The molecule has 0 radical (unpaired) electrons. The van der Waals surface area contributed by atoms with Crippen molar-refractivity contribution in [3.05, 3.63) is 23.4 Å². The van der Waals surface area contributed by atoms with Gasteiger partial charge in [0.05, 0.1) is 24.4 Å². The van der Waals surface area contributed by atoms with E-state index in [2.05, 4.69) is 5.10 Å². The molecule has 22 heavy (non-hydrogen) atoms. The highest BCUT2D eigenvalue weighted by Crippen LogP contribution is 2.41. The lowest BCUT2D eigenvalue weighted by atomic mass is 10.1. The molecule has 0 unspecified atom stereocenters. The maximum atomic E-state index is 6.43. The van der Waals surface area contributed by atoms with Gasteiger partial charge in [-0.05, 0) is 31.7 Å².